The Kier molecular flexibility index (Phi) is 5.32. The van der Waals surface area contributed by atoms with Crippen molar-refractivity contribution >= 4 is 16.9 Å². The van der Waals surface area contributed by atoms with Gasteiger partial charge in [0.25, 0.3) is 0 Å². The summed E-state index contributed by atoms with van der Waals surface area (Å²) in [5, 5.41) is 0.880. The molecule has 6 aromatic rings. The summed E-state index contributed by atoms with van der Waals surface area (Å²) in [6.45, 7) is 0.666. The predicted octanol–water partition coefficient (Wildman–Crippen LogP) is 7.06. The summed E-state index contributed by atoms with van der Waals surface area (Å²) in [7, 11) is 0. The van der Waals surface area contributed by atoms with E-state index in [1.807, 2.05) is 48.5 Å². The van der Waals surface area contributed by atoms with E-state index in [1.165, 1.54) is 5.56 Å². The average Bonchev–Trinajstić information content (AvgIpc) is 3.25. The lowest BCUT2D eigenvalue weighted by Crippen LogP contribution is -2.05. The molecule has 0 aliphatic heterocycles. The lowest BCUT2D eigenvalue weighted by Gasteiger charge is -2.13. The van der Waals surface area contributed by atoms with Crippen LogP contribution in [0.4, 0.5) is 5.82 Å². The molecule has 4 aromatic carbocycles. The molecular weight excluding hydrogens is 428 g/mol. The minimum absolute atomic E-state index is 0.483. The number of nitrogen functional groups attached to an aromatic ring is 1. The van der Waals surface area contributed by atoms with Gasteiger partial charge in [-0.05, 0) is 16.7 Å². The summed E-state index contributed by atoms with van der Waals surface area (Å²) in [4.78, 5) is 9.87. The maximum Gasteiger partial charge on any atom is 0.163 e. The first kappa shape index (κ1) is 20.9. The minimum atomic E-state index is 0.483. The number of hydrogen-bond acceptors (Lipinski definition) is 3. The molecule has 0 atom stereocenters. The number of hydrogen-bond donors (Lipinski definition) is 1. The largest absolute Gasteiger partial charge is 0.383 e. The Morgan fingerprint density at radius 2 is 1.09 bits per heavy atom. The van der Waals surface area contributed by atoms with Crippen molar-refractivity contribution in [1.82, 2.24) is 14.5 Å². The molecule has 4 nitrogen and oxygen atoms in total. The Morgan fingerprint density at radius 1 is 0.571 bits per heavy atom. The number of rotatable bonds is 5. The first-order valence-corrected chi connectivity index (χ1v) is 11.7. The molecule has 0 saturated heterocycles. The molecule has 2 N–H and O–H groups in total. The van der Waals surface area contributed by atoms with Crippen LogP contribution in [0.15, 0.2) is 121 Å². The van der Waals surface area contributed by atoms with Crippen molar-refractivity contribution in [3.8, 4) is 33.8 Å². The van der Waals surface area contributed by atoms with Gasteiger partial charge >= 0.3 is 0 Å². The van der Waals surface area contributed by atoms with E-state index in [1.54, 1.807) is 0 Å². The van der Waals surface area contributed by atoms with Gasteiger partial charge in [0.1, 0.15) is 11.5 Å². The van der Waals surface area contributed by atoms with Crippen molar-refractivity contribution in [1.29, 1.82) is 0 Å². The predicted molar refractivity (Wildman–Crippen MR) is 144 cm³/mol. The summed E-state index contributed by atoms with van der Waals surface area (Å²) in [6, 6.07) is 41.3. The Balaban J connectivity index is 1.73. The standard InChI is InChI=1S/C31H24N4/c32-29-27-26(23-15-7-2-8-16-23)28(24-17-9-3-10-18-24)35(21-22-13-5-1-6-14-22)31(27)34-30(33-29)25-19-11-4-12-20-25/h1-20H,21H2,(H2,32,33,34). The molecule has 4 heteroatoms. The molecule has 0 spiro atoms. The second-order valence-corrected chi connectivity index (χ2v) is 8.52. The van der Waals surface area contributed by atoms with E-state index in [0.29, 0.717) is 18.2 Å². The molecular formula is C31H24N4. The second-order valence-electron chi connectivity index (χ2n) is 8.52. The van der Waals surface area contributed by atoms with Gasteiger partial charge in [-0.15, -0.1) is 0 Å². The van der Waals surface area contributed by atoms with E-state index in [9.17, 15) is 0 Å². The summed E-state index contributed by atoms with van der Waals surface area (Å²) in [6.07, 6.45) is 0. The highest BCUT2D eigenvalue weighted by Crippen LogP contribution is 2.43. The van der Waals surface area contributed by atoms with Crippen LogP contribution < -0.4 is 5.73 Å². The third-order valence-electron chi connectivity index (χ3n) is 6.26. The molecule has 35 heavy (non-hydrogen) atoms. The van der Waals surface area contributed by atoms with Gasteiger partial charge in [0.2, 0.25) is 0 Å². The van der Waals surface area contributed by atoms with E-state index in [0.717, 1.165) is 39.0 Å². The van der Waals surface area contributed by atoms with Crippen LogP contribution in [-0.2, 0) is 6.54 Å². The zero-order valence-electron chi connectivity index (χ0n) is 19.2. The Morgan fingerprint density at radius 3 is 1.69 bits per heavy atom. The molecule has 0 saturated carbocycles. The molecule has 168 valence electrons. The maximum atomic E-state index is 6.72. The number of anilines is 1. The Bertz CT molecular complexity index is 1590. The van der Waals surface area contributed by atoms with Crippen molar-refractivity contribution in [3.05, 3.63) is 127 Å². The maximum absolute atomic E-state index is 6.72. The first-order chi connectivity index (χ1) is 17.3. The van der Waals surface area contributed by atoms with E-state index in [-0.39, 0.29) is 0 Å². The van der Waals surface area contributed by atoms with Crippen LogP contribution >= 0.6 is 0 Å². The second kappa shape index (κ2) is 8.92. The van der Waals surface area contributed by atoms with Gasteiger partial charge in [-0.1, -0.05) is 121 Å². The third kappa shape index (κ3) is 3.85. The molecule has 0 fully saturated rings. The molecule has 0 aliphatic carbocycles. The monoisotopic (exact) mass is 452 g/mol. The van der Waals surface area contributed by atoms with Gasteiger partial charge in [0.15, 0.2) is 5.82 Å². The molecule has 0 amide bonds. The Hall–Kier alpha value is -4.70. The molecule has 2 heterocycles. The fourth-order valence-corrected chi connectivity index (χ4v) is 4.68. The normalized spacial score (nSPS) is 11.1. The molecule has 0 bridgehead atoms. The average molecular weight is 453 g/mol. The van der Waals surface area contributed by atoms with Gasteiger partial charge in [-0.2, -0.15) is 0 Å². The summed E-state index contributed by atoms with van der Waals surface area (Å²) >= 11 is 0. The SMILES string of the molecule is Nc1nc(-c2ccccc2)nc2c1c(-c1ccccc1)c(-c1ccccc1)n2Cc1ccccc1. The van der Waals surface area contributed by atoms with Crippen molar-refractivity contribution in [3.63, 3.8) is 0 Å². The highest BCUT2D eigenvalue weighted by Gasteiger charge is 2.24. The number of aromatic nitrogens is 3. The highest BCUT2D eigenvalue weighted by atomic mass is 15.1. The van der Waals surface area contributed by atoms with Crippen molar-refractivity contribution in [2.45, 2.75) is 6.54 Å². The Labute approximate surface area is 204 Å². The zero-order chi connectivity index (χ0) is 23.6. The molecule has 2 aromatic heterocycles. The molecule has 0 unspecified atom stereocenters. The van der Waals surface area contributed by atoms with E-state index in [4.69, 9.17) is 15.7 Å². The van der Waals surface area contributed by atoms with Gasteiger partial charge in [-0.25, -0.2) is 9.97 Å². The minimum Gasteiger partial charge on any atom is -0.383 e. The fourth-order valence-electron chi connectivity index (χ4n) is 4.68. The van der Waals surface area contributed by atoms with Crippen LogP contribution in [0, 0.1) is 0 Å². The van der Waals surface area contributed by atoms with Gasteiger partial charge < -0.3 is 10.3 Å². The molecule has 0 radical (unpaired) electrons. The van der Waals surface area contributed by atoms with E-state index < -0.39 is 0 Å². The third-order valence-corrected chi connectivity index (χ3v) is 6.26. The van der Waals surface area contributed by atoms with Crippen molar-refractivity contribution in [2.75, 3.05) is 5.73 Å². The lowest BCUT2D eigenvalue weighted by atomic mass is 9.99. The fraction of sp³-hybridized carbons (Fsp3) is 0.0323. The number of benzene rings is 4. The van der Waals surface area contributed by atoms with Crippen LogP contribution in [0.3, 0.4) is 0 Å². The lowest BCUT2D eigenvalue weighted by molar-refractivity contribution is 0.833. The van der Waals surface area contributed by atoms with Crippen LogP contribution in [-0.4, -0.2) is 14.5 Å². The van der Waals surface area contributed by atoms with Gasteiger partial charge in [-0.3, -0.25) is 0 Å². The van der Waals surface area contributed by atoms with Crippen molar-refractivity contribution < 1.29 is 0 Å². The molecule has 0 aliphatic rings. The zero-order valence-corrected chi connectivity index (χ0v) is 19.2. The van der Waals surface area contributed by atoms with Crippen LogP contribution in [0.2, 0.25) is 0 Å². The smallest absolute Gasteiger partial charge is 0.163 e. The topological polar surface area (TPSA) is 56.7 Å². The van der Waals surface area contributed by atoms with Crippen LogP contribution in [0.25, 0.3) is 44.8 Å². The number of fused-ring (bicyclic) bond motifs is 1. The van der Waals surface area contributed by atoms with Gasteiger partial charge in [0, 0.05) is 17.7 Å². The number of nitrogens with two attached hydrogens (primary N) is 1. The van der Waals surface area contributed by atoms with Crippen LogP contribution in [0.5, 0.6) is 0 Å². The number of nitrogens with zero attached hydrogens (tertiary/aromatic N) is 3. The van der Waals surface area contributed by atoms with Gasteiger partial charge in [0.05, 0.1) is 11.1 Å². The van der Waals surface area contributed by atoms with Crippen molar-refractivity contribution in [2.24, 2.45) is 0 Å². The summed E-state index contributed by atoms with van der Waals surface area (Å²) in [5.41, 5.74) is 14.0. The summed E-state index contributed by atoms with van der Waals surface area (Å²) in [5.74, 6) is 1.11. The molecule has 6 rings (SSSR count). The van der Waals surface area contributed by atoms with E-state index in [2.05, 4.69) is 77.4 Å². The summed E-state index contributed by atoms with van der Waals surface area (Å²) < 4.78 is 2.28. The quantitative estimate of drug-likeness (QED) is 0.304. The van der Waals surface area contributed by atoms with Crippen LogP contribution in [0.1, 0.15) is 5.56 Å². The highest BCUT2D eigenvalue weighted by molar-refractivity contribution is 6.08. The van der Waals surface area contributed by atoms with E-state index >= 15 is 0 Å². The first-order valence-electron chi connectivity index (χ1n) is 11.7.